The van der Waals surface area contributed by atoms with Crippen molar-refractivity contribution < 1.29 is 9.84 Å². The van der Waals surface area contributed by atoms with Crippen LogP contribution in [-0.4, -0.2) is 41.8 Å². The summed E-state index contributed by atoms with van der Waals surface area (Å²) in [6.45, 7) is 6.84. The van der Waals surface area contributed by atoms with Gasteiger partial charge in [-0.15, -0.1) is 0 Å². The van der Waals surface area contributed by atoms with E-state index in [2.05, 4.69) is 55.1 Å². The van der Waals surface area contributed by atoms with Crippen LogP contribution < -0.4 is 4.74 Å². The number of benzene rings is 2. The molecule has 0 spiro atoms. The van der Waals surface area contributed by atoms with Crippen LogP contribution in [0.3, 0.4) is 0 Å². The standard InChI is InChI=1S/C26H34ClNO2/c1-19-4-12-24(13-5-19)30-18-21-7-6-20(2)28(16-21)17-25(29)26(14-3-15-26)22-8-10-23(27)11-9-22/h4-5,8-13,20-21,25,29H,3,6-7,14-18H2,1-2H3/t20-,21+,25-/m0/s1. The Morgan fingerprint density at radius 1 is 1.10 bits per heavy atom. The van der Waals surface area contributed by atoms with Gasteiger partial charge in [-0.3, -0.25) is 4.90 Å². The van der Waals surface area contributed by atoms with Gasteiger partial charge in [0.25, 0.3) is 0 Å². The molecule has 3 nitrogen and oxygen atoms in total. The van der Waals surface area contributed by atoms with E-state index in [1.165, 1.54) is 24.0 Å². The topological polar surface area (TPSA) is 32.7 Å². The number of β-amino-alcohol motifs (C(OH)–C–C–N with tert-alkyl or cyclic N) is 1. The second-order valence-electron chi connectivity index (χ2n) is 9.40. The molecule has 0 radical (unpaired) electrons. The molecule has 1 saturated heterocycles. The molecule has 1 heterocycles. The molecule has 0 bridgehead atoms. The number of aliphatic hydroxyl groups excluding tert-OH is 1. The van der Waals surface area contributed by atoms with Gasteiger partial charge < -0.3 is 9.84 Å². The molecule has 1 N–H and O–H groups in total. The second-order valence-corrected chi connectivity index (χ2v) is 9.84. The van der Waals surface area contributed by atoms with E-state index in [0.717, 1.165) is 49.7 Å². The van der Waals surface area contributed by atoms with Crippen LogP contribution in [0, 0.1) is 12.8 Å². The molecule has 0 amide bonds. The second kappa shape index (κ2) is 9.30. The number of nitrogens with zero attached hydrogens (tertiary/aromatic N) is 1. The van der Waals surface area contributed by atoms with Crippen molar-refractivity contribution in [2.45, 2.75) is 63.5 Å². The molecule has 0 unspecified atom stereocenters. The van der Waals surface area contributed by atoms with Gasteiger partial charge in [0, 0.05) is 35.5 Å². The zero-order valence-electron chi connectivity index (χ0n) is 18.2. The van der Waals surface area contributed by atoms with E-state index < -0.39 is 0 Å². The minimum absolute atomic E-state index is 0.115. The van der Waals surface area contributed by atoms with Crippen LogP contribution >= 0.6 is 11.6 Å². The Balaban J connectivity index is 1.37. The number of hydrogen-bond donors (Lipinski definition) is 1. The van der Waals surface area contributed by atoms with Gasteiger partial charge in [-0.25, -0.2) is 0 Å². The lowest BCUT2D eigenvalue weighted by Crippen LogP contribution is -2.54. The Labute approximate surface area is 186 Å². The van der Waals surface area contributed by atoms with Gasteiger partial charge >= 0.3 is 0 Å². The lowest BCUT2D eigenvalue weighted by atomic mass is 9.61. The first kappa shape index (κ1) is 21.7. The molecule has 3 atom stereocenters. The largest absolute Gasteiger partial charge is 0.493 e. The summed E-state index contributed by atoms with van der Waals surface area (Å²) in [5.41, 5.74) is 2.37. The van der Waals surface area contributed by atoms with E-state index in [4.69, 9.17) is 16.3 Å². The van der Waals surface area contributed by atoms with Crippen LogP contribution in [0.5, 0.6) is 5.75 Å². The van der Waals surface area contributed by atoms with Gasteiger partial charge in [-0.1, -0.05) is 47.9 Å². The van der Waals surface area contributed by atoms with Crippen molar-refractivity contribution >= 4 is 11.6 Å². The van der Waals surface area contributed by atoms with Crippen LogP contribution in [0.25, 0.3) is 0 Å². The van der Waals surface area contributed by atoms with Crippen LogP contribution in [0.4, 0.5) is 0 Å². The van der Waals surface area contributed by atoms with E-state index in [0.29, 0.717) is 12.0 Å². The highest BCUT2D eigenvalue weighted by Gasteiger charge is 2.46. The lowest BCUT2D eigenvalue weighted by Gasteiger charge is -2.49. The van der Waals surface area contributed by atoms with Gasteiger partial charge in [-0.2, -0.15) is 0 Å². The first-order valence-corrected chi connectivity index (χ1v) is 11.7. The normalized spacial score (nSPS) is 24.8. The zero-order valence-corrected chi connectivity index (χ0v) is 18.9. The first-order chi connectivity index (χ1) is 14.5. The number of piperidine rings is 1. The Bertz CT molecular complexity index is 816. The molecule has 4 heteroatoms. The summed E-state index contributed by atoms with van der Waals surface area (Å²) in [7, 11) is 0. The molecule has 2 aromatic rings. The van der Waals surface area contributed by atoms with Crippen molar-refractivity contribution in [1.29, 1.82) is 0 Å². The highest BCUT2D eigenvalue weighted by Crippen LogP contribution is 2.47. The third-order valence-electron chi connectivity index (χ3n) is 7.33. The number of rotatable bonds is 7. The molecule has 0 aromatic heterocycles. The number of aliphatic hydroxyl groups is 1. The molecule has 4 rings (SSSR count). The number of hydrogen-bond acceptors (Lipinski definition) is 3. The maximum atomic E-state index is 11.3. The molecule has 2 aromatic carbocycles. The quantitative estimate of drug-likeness (QED) is 0.623. The fourth-order valence-corrected chi connectivity index (χ4v) is 5.18. The van der Waals surface area contributed by atoms with Crippen molar-refractivity contribution in [3.8, 4) is 5.75 Å². The summed E-state index contributed by atoms with van der Waals surface area (Å²) in [6.07, 6.45) is 5.27. The van der Waals surface area contributed by atoms with Crippen molar-refractivity contribution in [1.82, 2.24) is 4.90 Å². The number of halogens is 1. The van der Waals surface area contributed by atoms with Gasteiger partial charge in [0.05, 0.1) is 12.7 Å². The summed E-state index contributed by atoms with van der Waals surface area (Å²) in [5.74, 6) is 1.45. The average Bonchev–Trinajstić information content (AvgIpc) is 2.70. The molecule has 1 saturated carbocycles. The Kier molecular flexibility index (Phi) is 6.72. The van der Waals surface area contributed by atoms with Crippen LogP contribution in [0.15, 0.2) is 48.5 Å². The summed E-state index contributed by atoms with van der Waals surface area (Å²) >= 11 is 6.09. The molecule has 1 aliphatic heterocycles. The SMILES string of the molecule is Cc1ccc(OC[C@@H]2CC[C@H](C)N(C[C@H](O)C3(c4ccc(Cl)cc4)CCC3)C2)cc1. The smallest absolute Gasteiger partial charge is 0.119 e. The monoisotopic (exact) mass is 427 g/mol. The molecule has 162 valence electrons. The third kappa shape index (κ3) is 4.69. The Hall–Kier alpha value is -1.55. The van der Waals surface area contributed by atoms with Gasteiger partial charge in [0.2, 0.25) is 0 Å². The molecular formula is C26H34ClNO2. The lowest BCUT2D eigenvalue weighted by molar-refractivity contribution is -0.0214. The number of aryl methyl sites for hydroxylation is 1. The molecule has 30 heavy (non-hydrogen) atoms. The molecule has 2 aliphatic rings. The van der Waals surface area contributed by atoms with Crippen molar-refractivity contribution in [3.05, 3.63) is 64.7 Å². The minimum atomic E-state index is -0.355. The summed E-state index contributed by atoms with van der Waals surface area (Å²) in [5, 5.41) is 12.1. The van der Waals surface area contributed by atoms with E-state index in [-0.39, 0.29) is 11.5 Å². The zero-order chi connectivity index (χ0) is 21.1. The number of likely N-dealkylation sites (tertiary alicyclic amines) is 1. The summed E-state index contributed by atoms with van der Waals surface area (Å²) in [6, 6.07) is 16.9. The molecule has 1 aliphatic carbocycles. The maximum Gasteiger partial charge on any atom is 0.119 e. The van der Waals surface area contributed by atoms with Gasteiger partial charge in [0.1, 0.15) is 5.75 Å². The Morgan fingerprint density at radius 3 is 2.43 bits per heavy atom. The fraction of sp³-hybridized carbons (Fsp3) is 0.538. The predicted octanol–water partition coefficient (Wildman–Crippen LogP) is 5.61. The Morgan fingerprint density at radius 2 is 1.80 bits per heavy atom. The van der Waals surface area contributed by atoms with Crippen LogP contribution in [-0.2, 0) is 5.41 Å². The average molecular weight is 428 g/mol. The highest BCUT2D eigenvalue weighted by atomic mass is 35.5. The van der Waals surface area contributed by atoms with E-state index in [1.807, 2.05) is 12.1 Å². The predicted molar refractivity (Wildman–Crippen MR) is 123 cm³/mol. The van der Waals surface area contributed by atoms with Gasteiger partial charge in [0.15, 0.2) is 0 Å². The van der Waals surface area contributed by atoms with Crippen LogP contribution in [0.2, 0.25) is 5.02 Å². The highest BCUT2D eigenvalue weighted by molar-refractivity contribution is 6.30. The molecule has 2 fully saturated rings. The first-order valence-electron chi connectivity index (χ1n) is 11.3. The van der Waals surface area contributed by atoms with E-state index >= 15 is 0 Å². The van der Waals surface area contributed by atoms with Crippen molar-refractivity contribution in [2.75, 3.05) is 19.7 Å². The van der Waals surface area contributed by atoms with E-state index in [9.17, 15) is 5.11 Å². The van der Waals surface area contributed by atoms with Crippen molar-refractivity contribution in [2.24, 2.45) is 5.92 Å². The van der Waals surface area contributed by atoms with E-state index in [1.54, 1.807) is 0 Å². The third-order valence-corrected chi connectivity index (χ3v) is 7.58. The minimum Gasteiger partial charge on any atom is -0.493 e. The molecular weight excluding hydrogens is 394 g/mol. The fourth-order valence-electron chi connectivity index (χ4n) is 5.05. The van der Waals surface area contributed by atoms with Crippen molar-refractivity contribution in [3.63, 3.8) is 0 Å². The number of ether oxygens (including phenoxy) is 1. The van der Waals surface area contributed by atoms with Crippen LogP contribution in [0.1, 0.15) is 50.2 Å². The van der Waals surface area contributed by atoms with Gasteiger partial charge in [-0.05, 0) is 69.4 Å². The summed E-state index contributed by atoms with van der Waals surface area (Å²) < 4.78 is 6.07. The maximum absolute atomic E-state index is 11.3. The summed E-state index contributed by atoms with van der Waals surface area (Å²) in [4.78, 5) is 2.48.